The molecule has 5 rings (SSSR count). The molecule has 6 heteroatoms. The number of carbonyl (C=O) groups is 1. The van der Waals surface area contributed by atoms with Crippen LogP contribution in [0.15, 0.2) is 72.9 Å². The molecule has 1 saturated carbocycles. The summed E-state index contributed by atoms with van der Waals surface area (Å²) in [4.78, 5) is 16.0. The molecule has 2 aromatic heterocycles. The Bertz CT molecular complexity index is 1230. The van der Waals surface area contributed by atoms with Gasteiger partial charge in [-0.1, -0.05) is 54.6 Å². The van der Waals surface area contributed by atoms with Gasteiger partial charge in [0.15, 0.2) is 0 Å². The van der Waals surface area contributed by atoms with Crippen LogP contribution in [0.4, 0.5) is 4.79 Å². The Labute approximate surface area is 174 Å². The van der Waals surface area contributed by atoms with Crippen molar-refractivity contribution in [2.75, 3.05) is 0 Å². The van der Waals surface area contributed by atoms with Gasteiger partial charge >= 0.3 is 6.09 Å². The van der Waals surface area contributed by atoms with Crippen molar-refractivity contribution in [1.29, 1.82) is 0 Å². The Balaban J connectivity index is 1.65. The molecule has 1 aliphatic rings. The quantitative estimate of drug-likeness (QED) is 0.530. The zero-order valence-electron chi connectivity index (χ0n) is 16.4. The first kappa shape index (κ1) is 18.4. The highest BCUT2D eigenvalue weighted by molar-refractivity contribution is 5.82. The fourth-order valence-corrected chi connectivity index (χ4v) is 4.09. The summed E-state index contributed by atoms with van der Waals surface area (Å²) < 4.78 is 7.02. The maximum absolute atomic E-state index is 11.1. The summed E-state index contributed by atoms with van der Waals surface area (Å²) in [5.74, 6) is 0.358. The van der Waals surface area contributed by atoms with E-state index in [0.29, 0.717) is 11.4 Å². The van der Waals surface area contributed by atoms with E-state index in [-0.39, 0.29) is 5.54 Å². The molecule has 0 bridgehead atoms. The van der Waals surface area contributed by atoms with Crippen molar-refractivity contribution in [2.24, 2.45) is 11.5 Å². The second-order valence-corrected chi connectivity index (χ2v) is 7.77. The second kappa shape index (κ2) is 7.00. The first-order valence-corrected chi connectivity index (χ1v) is 9.98. The van der Waals surface area contributed by atoms with Gasteiger partial charge in [0, 0.05) is 28.9 Å². The minimum atomic E-state index is -0.850. The highest BCUT2D eigenvalue weighted by atomic mass is 16.5. The predicted octanol–water partition coefficient (Wildman–Crippen LogP) is 4.46. The molecule has 0 atom stereocenters. The van der Waals surface area contributed by atoms with Crippen LogP contribution in [0.5, 0.6) is 5.75 Å². The summed E-state index contributed by atoms with van der Waals surface area (Å²) in [5, 5.41) is 0. The molecular weight excluding hydrogens is 376 g/mol. The number of ether oxygens (including phenoxy) is 1. The number of nitrogens with two attached hydrogens (primary N) is 2. The number of imidazole rings is 1. The van der Waals surface area contributed by atoms with Crippen LogP contribution >= 0.6 is 0 Å². The molecule has 0 unspecified atom stereocenters. The van der Waals surface area contributed by atoms with Crippen molar-refractivity contribution in [3.8, 4) is 28.3 Å². The van der Waals surface area contributed by atoms with Crippen LogP contribution in [0.25, 0.3) is 28.2 Å². The Morgan fingerprint density at radius 3 is 2.37 bits per heavy atom. The van der Waals surface area contributed by atoms with E-state index in [9.17, 15) is 4.79 Å². The molecule has 0 spiro atoms. The van der Waals surface area contributed by atoms with Crippen LogP contribution in [0.2, 0.25) is 0 Å². The van der Waals surface area contributed by atoms with Crippen LogP contribution in [0.3, 0.4) is 0 Å². The Morgan fingerprint density at radius 2 is 1.73 bits per heavy atom. The molecule has 0 aliphatic heterocycles. The number of amides is 1. The molecule has 2 heterocycles. The van der Waals surface area contributed by atoms with Gasteiger partial charge in [0.1, 0.15) is 11.4 Å². The maximum Gasteiger partial charge on any atom is 0.409 e. The maximum atomic E-state index is 11.1. The first-order valence-electron chi connectivity index (χ1n) is 9.98. The van der Waals surface area contributed by atoms with Gasteiger partial charge in [-0.3, -0.25) is 4.40 Å². The average molecular weight is 398 g/mol. The normalized spacial score (nSPS) is 15.0. The fourth-order valence-electron chi connectivity index (χ4n) is 4.09. The summed E-state index contributed by atoms with van der Waals surface area (Å²) >= 11 is 0. The number of carbonyl (C=O) groups excluding carboxylic acids is 1. The largest absolute Gasteiger partial charge is 0.410 e. The number of hydrogen-bond acceptors (Lipinski definition) is 4. The summed E-state index contributed by atoms with van der Waals surface area (Å²) in [6.45, 7) is 0. The molecule has 6 nitrogen and oxygen atoms in total. The van der Waals surface area contributed by atoms with E-state index in [1.54, 1.807) is 12.1 Å². The second-order valence-electron chi connectivity index (χ2n) is 7.77. The Hall–Kier alpha value is -3.64. The van der Waals surface area contributed by atoms with Crippen LogP contribution in [0.1, 0.15) is 24.8 Å². The molecule has 0 radical (unpaired) electrons. The molecule has 1 fully saturated rings. The van der Waals surface area contributed by atoms with Crippen molar-refractivity contribution in [2.45, 2.75) is 24.8 Å². The number of benzene rings is 2. The lowest BCUT2D eigenvalue weighted by Gasteiger charge is -2.38. The van der Waals surface area contributed by atoms with Crippen LogP contribution in [-0.4, -0.2) is 15.5 Å². The van der Waals surface area contributed by atoms with Crippen molar-refractivity contribution in [3.63, 3.8) is 0 Å². The standard InChI is InChI=1S/C24H22N4O2/c25-23(29)30-19-11-14-28-20(15-19)27-21(22(28)17-5-2-1-3-6-17)16-7-9-18(10-8-16)24(26)12-4-13-24/h1-3,5-11,14-15H,4,12-13,26H2,(H2,25,29). The van der Waals surface area contributed by atoms with Gasteiger partial charge in [-0.2, -0.15) is 0 Å². The molecular formula is C24H22N4O2. The minimum absolute atomic E-state index is 0.194. The summed E-state index contributed by atoms with van der Waals surface area (Å²) in [5.41, 5.74) is 17.1. The summed E-state index contributed by atoms with van der Waals surface area (Å²) in [6, 6.07) is 21.9. The Kier molecular flexibility index (Phi) is 4.29. The van der Waals surface area contributed by atoms with E-state index < -0.39 is 6.09 Å². The molecule has 4 N–H and O–H groups in total. The van der Waals surface area contributed by atoms with E-state index in [4.69, 9.17) is 21.2 Å². The van der Waals surface area contributed by atoms with Gasteiger partial charge in [0.05, 0.1) is 11.4 Å². The minimum Gasteiger partial charge on any atom is -0.410 e. The first-order chi connectivity index (χ1) is 14.5. The monoisotopic (exact) mass is 398 g/mol. The molecule has 30 heavy (non-hydrogen) atoms. The van der Waals surface area contributed by atoms with Crippen molar-refractivity contribution in [1.82, 2.24) is 9.38 Å². The SMILES string of the molecule is NC(=O)Oc1ccn2c(-c3ccccc3)c(-c3ccc(C4(N)CCC4)cc3)nc2c1. The third kappa shape index (κ3) is 3.11. The Morgan fingerprint density at radius 1 is 1.00 bits per heavy atom. The lowest BCUT2D eigenvalue weighted by Crippen LogP contribution is -2.43. The van der Waals surface area contributed by atoms with Crippen molar-refractivity contribution in [3.05, 3.63) is 78.5 Å². The van der Waals surface area contributed by atoms with E-state index >= 15 is 0 Å². The third-order valence-corrected chi connectivity index (χ3v) is 5.84. The van der Waals surface area contributed by atoms with E-state index in [0.717, 1.165) is 35.4 Å². The van der Waals surface area contributed by atoms with Crippen LogP contribution in [-0.2, 0) is 5.54 Å². The molecule has 1 amide bonds. The summed E-state index contributed by atoms with van der Waals surface area (Å²) in [7, 11) is 0. The molecule has 2 aromatic carbocycles. The number of rotatable bonds is 4. The zero-order chi connectivity index (χ0) is 20.7. The highest BCUT2D eigenvalue weighted by Crippen LogP contribution is 2.40. The smallest absolute Gasteiger partial charge is 0.409 e. The predicted molar refractivity (Wildman–Crippen MR) is 116 cm³/mol. The zero-order valence-corrected chi connectivity index (χ0v) is 16.4. The number of pyridine rings is 1. The highest BCUT2D eigenvalue weighted by Gasteiger charge is 2.34. The third-order valence-electron chi connectivity index (χ3n) is 5.84. The van der Waals surface area contributed by atoms with Gasteiger partial charge in [0.2, 0.25) is 0 Å². The van der Waals surface area contributed by atoms with Gasteiger partial charge in [-0.05, 0) is 30.9 Å². The lowest BCUT2D eigenvalue weighted by molar-refractivity contribution is 0.211. The number of primary amides is 1. The summed E-state index contributed by atoms with van der Waals surface area (Å²) in [6.07, 6.45) is 4.22. The fraction of sp³-hybridized carbons (Fsp3) is 0.167. The van der Waals surface area contributed by atoms with Crippen LogP contribution < -0.4 is 16.2 Å². The lowest BCUT2D eigenvalue weighted by atomic mass is 9.72. The van der Waals surface area contributed by atoms with E-state index in [2.05, 4.69) is 36.4 Å². The van der Waals surface area contributed by atoms with Crippen molar-refractivity contribution < 1.29 is 9.53 Å². The number of nitrogens with zero attached hydrogens (tertiary/aromatic N) is 2. The van der Waals surface area contributed by atoms with Crippen LogP contribution in [0, 0.1) is 0 Å². The molecule has 4 aromatic rings. The number of hydrogen-bond donors (Lipinski definition) is 2. The average Bonchev–Trinajstić information content (AvgIpc) is 3.11. The molecule has 1 aliphatic carbocycles. The number of fused-ring (bicyclic) bond motifs is 1. The van der Waals surface area contributed by atoms with E-state index in [1.807, 2.05) is 28.8 Å². The van der Waals surface area contributed by atoms with Crippen molar-refractivity contribution >= 4 is 11.7 Å². The van der Waals surface area contributed by atoms with Gasteiger partial charge in [-0.15, -0.1) is 0 Å². The topological polar surface area (TPSA) is 95.6 Å². The number of aromatic nitrogens is 2. The van der Waals surface area contributed by atoms with Gasteiger partial charge in [0.25, 0.3) is 0 Å². The molecule has 0 saturated heterocycles. The van der Waals surface area contributed by atoms with Gasteiger partial charge in [-0.25, -0.2) is 9.78 Å². The van der Waals surface area contributed by atoms with Gasteiger partial charge < -0.3 is 16.2 Å². The van der Waals surface area contributed by atoms with E-state index in [1.165, 1.54) is 12.0 Å². The molecule has 150 valence electrons.